The van der Waals surface area contributed by atoms with E-state index in [-0.39, 0.29) is 17.5 Å². The number of anilines is 2. The van der Waals surface area contributed by atoms with Crippen LogP contribution in [0.2, 0.25) is 0 Å². The lowest BCUT2D eigenvalue weighted by Gasteiger charge is -2.20. The lowest BCUT2D eigenvalue weighted by Crippen LogP contribution is -2.40. The van der Waals surface area contributed by atoms with Crippen LogP contribution in [0.5, 0.6) is 0 Å². The van der Waals surface area contributed by atoms with Gasteiger partial charge in [0.05, 0.1) is 5.69 Å². The molecule has 0 unspecified atom stereocenters. The maximum absolute atomic E-state index is 12.8. The van der Waals surface area contributed by atoms with Crippen LogP contribution in [0.4, 0.5) is 16.2 Å². The summed E-state index contributed by atoms with van der Waals surface area (Å²) >= 11 is 7.36. The van der Waals surface area contributed by atoms with E-state index < -0.39 is 0 Å². The van der Waals surface area contributed by atoms with Crippen LogP contribution in [0, 0.1) is 0 Å². The highest BCUT2D eigenvalue weighted by Crippen LogP contribution is 2.35. The van der Waals surface area contributed by atoms with Gasteiger partial charge in [-0.3, -0.25) is 9.69 Å². The summed E-state index contributed by atoms with van der Waals surface area (Å²) in [7, 11) is 0. The zero-order chi connectivity index (χ0) is 24.3. The highest BCUT2D eigenvalue weighted by atomic mass is 35.5. The molecule has 0 spiro atoms. The lowest BCUT2D eigenvalue weighted by molar-refractivity contribution is 0.0919. The van der Waals surface area contributed by atoms with Crippen molar-refractivity contribution in [3.63, 3.8) is 0 Å². The average Bonchev–Trinajstić information content (AvgIpc) is 3.16. The van der Waals surface area contributed by atoms with Crippen LogP contribution in [0.25, 0.3) is 10.8 Å². The molecule has 0 bridgehead atoms. The third-order valence-electron chi connectivity index (χ3n) is 5.51. The third kappa shape index (κ3) is 5.42. The minimum Gasteiger partial charge on any atom is -0.347 e. The Hall–Kier alpha value is -2.90. The van der Waals surface area contributed by atoms with Gasteiger partial charge < -0.3 is 14.9 Å². The molecule has 0 saturated carbocycles. The van der Waals surface area contributed by atoms with E-state index in [9.17, 15) is 9.59 Å². The standard InChI is InChI=1S/C26H29ClN4O2S/c1-26(2,3)28-24(32)18-10-12-19(13-11-18)29-34-23-9-5-6-20-21(23)7-4-8-22(20)31-17-16-30(15-14-27)25(31)33/h4-13,29H,14-17H2,1-3H3,(H,28,32). The van der Waals surface area contributed by atoms with Gasteiger partial charge in [-0.25, -0.2) is 4.79 Å². The number of nitrogens with one attached hydrogen (secondary N) is 2. The van der Waals surface area contributed by atoms with Crippen LogP contribution in [0.15, 0.2) is 65.6 Å². The normalized spacial score (nSPS) is 14.1. The first-order valence-electron chi connectivity index (χ1n) is 11.3. The summed E-state index contributed by atoms with van der Waals surface area (Å²) in [6, 6.07) is 19.6. The van der Waals surface area contributed by atoms with Crippen LogP contribution in [-0.2, 0) is 0 Å². The zero-order valence-electron chi connectivity index (χ0n) is 19.6. The molecule has 0 aliphatic carbocycles. The van der Waals surface area contributed by atoms with E-state index in [1.165, 1.54) is 11.9 Å². The molecule has 0 aromatic heterocycles. The van der Waals surface area contributed by atoms with Crippen LogP contribution >= 0.6 is 23.5 Å². The number of urea groups is 1. The van der Waals surface area contributed by atoms with E-state index in [1.807, 2.05) is 68.1 Å². The SMILES string of the molecule is CC(C)(C)NC(=O)c1ccc(NSc2cccc3c(N4CCN(CCCl)C4=O)cccc23)cc1. The van der Waals surface area contributed by atoms with E-state index in [2.05, 4.69) is 28.2 Å². The number of nitrogens with zero attached hydrogens (tertiary/aromatic N) is 2. The van der Waals surface area contributed by atoms with Crippen LogP contribution in [-0.4, -0.2) is 47.9 Å². The highest BCUT2D eigenvalue weighted by molar-refractivity contribution is 8.00. The molecular weight excluding hydrogens is 468 g/mol. The van der Waals surface area contributed by atoms with Gasteiger partial charge in [0, 0.05) is 52.6 Å². The first-order valence-corrected chi connectivity index (χ1v) is 12.6. The van der Waals surface area contributed by atoms with Crippen molar-refractivity contribution >= 4 is 57.6 Å². The number of fused-ring (bicyclic) bond motifs is 1. The van der Waals surface area contributed by atoms with Gasteiger partial charge in [-0.2, -0.15) is 0 Å². The fraction of sp³-hybridized carbons (Fsp3) is 0.308. The maximum Gasteiger partial charge on any atom is 0.324 e. The minimum atomic E-state index is -0.279. The topological polar surface area (TPSA) is 64.7 Å². The molecule has 1 saturated heterocycles. The number of hydrogen-bond donors (Lipinski definition) is 2. The molecule has 1 aliphatic heterocycles. The van der Waals surface area contributed by atoms with E-state index >= 15 is 0 Å². The number of halogens is 1. The van der Waals surface area contributed by atoms with Crippen molar-refractivity contribution in [2.45, 2.75) is 31.2 Å². The van der Waals surface area contributed by atoms with Crippen LogP contribution < -0.4 is 14.9 Å². The Morgan fingerprint density at radius 2 is 1.71 bits per heavy atom. The summed E-state index contributed by atoms with van der Waals surface area (Å²) in [4.78, 5) is 29.9. The van der Waals surface area contributed by atoms with E-state index in [0.717, 1.165) is 27.0 Å². The smallest absolute Gasteiger partial charge is 0.324 e. The maximum atomic E-state index is 12.8. The third-order valence-corrected chi connectivity index (χ3v) is 6.60. The van der Waals surface area contributed by atoms with Crippen LogP contribution in [0.1, 0.15) is 31.1 Å². The van der Waals surface area contributed by atoms with Gasteiger partial charge >= 0.3 is 6.03 Å². The van der Waals surface area contributed by atoms with Crippen molar-refractivity contribution in [3.05, 3.63) is 66.2 Å². The predicted octanol–water partition coefficient (Wildman–Crippen LogP) is 5.97. The Morgan fingerprint density at radius 3 is 2.41 bits per heavy atom. The minimum absolute atomic E-state index is 0.0000756. The molecule has 3 aromatic carbocycles. The molecule has 34 heavy (non-hydrogen) atoms. The number of benzene rings is 3. The summed E-state index contributed by atoms with van der Waals surface area (Å²) in [6.07, 6.45) is 0. The number of carbonyl (C=O) groups is 2. The van der Waals surface area contributed by atoms with Crippen molar-refractivity contribution in [3.8, 4) is 0 Å². The quantitative estimate of drug-likeness (QED) is 0.312. The first-order chi connectivity index (χ1) is 16.3. The highest BCUT2D eigenvalue weighted by Gasteiger charge is 2.30. The molecule has 1 aliphatic rings. The predicted molar refractivity (Wildman–Crippen MR) is 142 cm³/mol. The van der Waals surface area contributed by atoms with Crippen molar-refractivity contribution in [2.75, 3.05) is 35.1 Å². The zero-order valence-corrected chi connectivity index (χ0v) is 21.2. The number of amides is 3. The summed E-state index contributed by atoms with van der Waals surface area (Å²) in [5, 5.41) is 5.08. The molecule has 1 heterocycles. The molecule has 178 valence electrons. The molecule has 8 heteroatoms. The van der Waals surface area contributed by atoms with Crippen molar-refractivity contribution in [1.29, 1.82) is 0 Å². The Kier molecular flexibility index (Phi) is 7.24. The Morgan fingerprint density at radius 1 is 1.00 bits per heavy atom. The fourth-order valence-corrected chi connectivity index (χ4v) is 4.92. The molecule has 4 rings (SSSR count). The molecule has 3 amide bonds. The average molecular weight is 497 g/mol. The van der Waals surface area contributed by atoms with Crippen LogP contribution in [0.3, 0.4) is 0 Å². The second-order valence-electron chi connectivity index (χ2n) is 9.22. The van der Waals surface area contributed by atoms with Crippen molar-refractivity contribution in [2.24, 2.45) is 0 Å². The molecule has 0 radical (unpaired) electrons. The summed E-state index contributed by atoms with van der Waals surface area (Å²) in [5.41, 5.74) is 2.16. The number of hydrogen-bond acceptors (Lipinski definition) is 4. The summed E-state index contributed by atoms with van der Waals surface area (Å²) < 4.78 is 3.37. The summed E-state index contributed by atoms with van der Waals surface area (Å²) in [5.74, 6) is 0.346. The number of carbonyl (C=O) groups excluding carboxylic acids is 2. The second kappa shape index (κ2) is 10.2. The molecule has 2 N–H and O–H groups in total. The van der Waals surface area contributed by atoms with Gasteiger partial charge in [-0.1, -0.05) is 24.3 Å². The largest absolute Gasteiger partial charge is 0.347 e. The molecule has 3 aromatic rings. The van der Waals surface area contributed by atoms with Gasteiger partial charge in [-0.05, 0) is 74.5 Å². The van der Waals surface area contributed by atoms with Gasteiger partial charge in [0.15, 0.2) is 0 Å². The second-order valence-corrected chi connectivity index (χ2v) is 10.5. The summed E-state index contributed by atoms with van der Waals surface area (Å²) in [6.45, 7) is 7.78. The fourth-order valence-electron chi connectivity index (χ4n) is 3.92. The number of alkyl halides is 1. The lowest BCUT2D eigenvalue weighted by atomic mass is 10.1. The Balaban J connectivity index is 1.50. The van der Waals surface area contributed by atoms with Gasteiger partial charge in [0.1, 0.15) is 0 Å². The van der Waals surface area contributed by atoms with Crippen molar-refractivity contribution in [1.82, 2.24) is 10.2 Å². The Labute approximate surface area is 209 Å². The van der Waals surface area contributed by atoms with E-state index in [4.69, 9.17) is 11.6 Å². The van der Waals surface area contributed by atoms with Crippen molar-refractivity contribution < 1.29 is 9.59 Å². The van der Waals surface area contributed by atoms with E-state index in [0.29, 0.717) is 31.1 Å². The van der Waals surface area contributed by atoms with Gasteiger partial charge in [0.25, 0.3) is 5.91 Å². The number of rotatable bonds is 7. The first kappa shape index (κ1) is 24.2. The molecule has 0 atom stereocenters. The molecule has 1 fully saturated rings. The van der Waals surface area contributed by atoms with Gasteiger partial charge in [0.2, 0.25) is 0 Å². The Bertz CT molecular complexity index is 1190. The molecular formula is C26H29ClN4O2S. The van der Waals surface area contributed by atoms with Gasteiger partial charge in [-0.15, -0.1) is 11.6 Å². The monoisotopic (exact) mass is 496 g/mol. The van der Waals surface area contributed by atoms with E-state index in [1.54, 1.807) is 4.90 Å². The molecule has 6 nitrogen and oxygen atoms in total.